The Hall–Kier alpha value is -3.85. The van der Waals surface area contributed by atoms with Gasteiger partial charge in [-0.2, -0.15) is 4.79 Å². The first-order chi connectivity index (χ1) is 16.7. The van der Waals surface area contributed by atoms with E-state index in [4.69, 9.17) is 5.53 Å². The van der Waals surface area contributed by atoms with Crippen molar-refractivity contribution < 1.29 is 28.8 Å². The average Bonchev–Trinajstić information content (AvgIpc) is 2.96. The second-order valence-electron chi connectivity index (χ2n) is 9.13. The van der Waals surface area contributed by atoms with Gasteiger partial charge >= 0.3 is 6.21 Å². The molecule has 0 unspecified atom stereocenters. The summed E-state index contributed by atoms with van der Waals surface area (Å²) in [5.41, 5.74) is 9.12. The summed E-state index contributed by atoms with van der Waals surface area (Å²) in [5.74, 6) is -2.42. The minimum absolute atomic E-state index is 0.0394. The smallest absolute Gasteiger partial charge is 0.325 e. The normalized spacial score (nSPS) is 20.9. The van der Waals surface area contributed by atoms with E-state index in [-0.39, 0.29) is 37.6 Å². The summed E-state index contributed by atoms with van der Waals surface area (Å²) in [6.45, 7) is 4.03. The molecule has 0 aliphatic carbocycles. The Bertz CT molecular complexity index is 1040. The van der Waals surface area contributed by atoms with Crippen LogP contribution in [0.25, 0.3) is 5.53 Å². The molecule has 0 bridgehead atoms. The number of fused-ring (bicyclic) bond motifs is 1. The van der Waals surface area contributed by atoms with Crippen LogP contribution in [-0.2, 0) is 19.2 Å². The zero-order valence-corrected chi connectivity index (χ0v) is 19.8. The number of rotatable bonds is 8. The number of hydrazine groups is 1. The number of hydrogen-bond acceptors (Lipinski definition) is 5. The summed E-state index contributed by atoms with van der Waals surface area (Å²) in [4.78, 5) is 67.4. The SMILES string of the molecule is CC(C)C[C@H](NC(=O)[C@@H]1CCCN2C(=O)CC[C@H](NC(=O)c3ccccc3)C(=O)N12)C(=O)C=[N+]=[N-]. The first-order valence-corrected chi connectivity index (χ1v) is 11.7. The maximum absolute atomic E-state index is 13.5. The van der Waals surface area contributed by atoms with E-state index < -0.39 is 41.6 Å². The van der Waals surface area contributed by atoms with Gasteiger partial charge in [-0.1, -0.05) is 32.0 Å². The molecule has 2 N–H and O–H groups in total. The van der Waals surface area contributed by atoms with Crippen molar-refractivity contribution in [3.8, 4) is 0 Å². The number of Topliss-reactive ketones (excluding diaryl/α,β-unsaturated/α-hetero) is 1. The number of nitrogens with one attached hydrogen (secondary N) is 2. The molecule has 2 aliphatic heterocycles. The number of ketones is 1. The Morgan fingerprint density at radius 3 is 2.54 bits per heavy atom. The summed E-state index contributed by atoms with van der Waals surface area (Å²) >= 11 is 0. The minimum atomic E-state index is -1.03. The predicted molar refractivity (Wildman–Crippen MR) is 125 cm³/mol. The third-order valence-corrected chi connectivity index (χ3v) is 6.06. The maximum atomic E-state index is 13.5. The molecule has 0 spiro atoms. The van der Waals surface area contributed by atoms with Crippen molar-refractivity contribution in [2.45, 2.75) is 64.1 Å². The lowest BCUT2D eigenvalue weighted by Gasteiger charge is -2.43. The van der Waals surface area contributed by atoms with Gasteiger partial charge in [0.2, 0.25) is 11.8 Å². The fourth-order valence-corrected chi connectivity index (χ4v) is 4.37. The van der Waals surface area contributed by atoms with E-state index >= 15 is 0 Å². The molecule has 3 rings (SSSR count). The Morgan fingerprint density at radius 1 is 1.17 bits per heavy atom. The number of carbonyl (C=O) groups excluding carboxylic acids is 5. The maximum Gasteiger partial charge on any atom is 0.325 e. The number of hydrogen-bond donors (Lipinski definition) is 2. The fourth-order valence-electron chi connectivity index (χ4n) is 4.37. The molecule has 0 aromatic heterocycles. The molecule has 11 nitrogen and oxygen atoms in total. The molecule has 11 heteroatoms. The second-order valence-corrected chi connectivity index (χ2v) is 9.13. The van der Waals surface area contributed by atoms with E-state index in [0.717, 1.165) is 11.2 Å². The molecule has 1 aromatic rings. The summed E-state index contributed by atoms with van der Waals surface area (Å²) in [7, 11) is 0. The standard InChI is InChI=1S/C24H30N6O5/c1-15(2)13-18(20(31)14-26-25)28-23(34)19-9-6-12-29-21(32)11-10-17(24(35)30(19)29)27-22(33)16-7-4-3-5-8-16/h3-5,7-8,14-15,17-19H,6,9-13H2,1-2H3,(H,27,33)(H,28,34)/t17-,18-,19-/m0/s1. The zero-order chi connectivity index (χ0) is 25.5. The lowest BCUT2D eigenvalue weighted by atomic mass is 9.99. The van der Waals surface area contributed by atoms with Crippen molar-refractivity contribution in [2.24, 2.45) is 5.92 Å². The van der Waals surface area contributed by atoms with Gasteiger partial charge in [-0.15, -0.1) is 0 Å². The molecule has 0 radical (unpaired) electrons. The van der Waals surface area contributed by atoms with E-state index in [1.54, 1.807) is 30.3 Å². The third kappa shape index (κ3) is 6.19. The van der Waals surface area contributed by atoms with Crippen LogP contribution in [0.1, 0.15) is 56.3 Å². The summed E-state index contributed by atoms with van der Waals surface area (Å²) in [6.07, 6.45) is 1.97. The van der Waals surface area contributed by atoms with Gasteiger partial charge in [-0.05, 0) is 43.7 Å². The minimum Gasteiger partial charge on any atom is -0.361 e. The molecule has 186 valence electrons. The highest BCUT2D eigenvalue weighted by Gasteiger charge is 2.45. The average molecular weight is 483 g/mol. The van der Waals surface area contributed by atoms with Crippen molar-refractivity contribution >= 4 is 35.6 Å². The fraction of sp³-hybridized carbons (Fsp3) is 0.500. The van der Waals surface area contributed by atoms with Crippen molar-refractivity contribution in [3.63, 3.8) is 0 Å². The topological polar surface area (TPSA) is 152 Å². The van der Waals surface area contributed by atoms with E-state index in [2.05, 4.69) is 15.4 Å². The van der Waals surface area contributed by atoms with Gasteiger partial charge in [0.05, 0.1) is 6.04 Å². The van der Waals surface area contributed by atoms with Crippen LogP contribution in [0, 0.1) is 5.92 Å². The highest BCUT2D eigenvalue weighted by Crippen LogP contribution is 2.25. The van der Waals surface area contributed by atoms with Crippen LogP contribution in [0.4, 0.5) is 0 Å². The van der Waals surface area contributed by atoms with Crippen molar-refractivity contribution in [1.82, 2.24) is 20.7 Å². The van der Waals surface area contributed by atoms with Crippen LogP contribution in [0.2, 0.25) is 0 Å². The molecule has 2 aliphatic rings. The molecule has 3 atom stereocenters. The monoisotopic (exact) mass is 482 g/mol. The van der Waals surface area contributed by atoms with Crippen LogP contribution in [0.5, 0.6) is 0 Å². The highest BCUT2D eigenvalue weighted by atomic mass is 16.2. The molecule has 2 saturated heterocycles. The van der Waals surface area contributed by atoms with Gasteiger partial charge in [0.15, 0.2) is 0 Å². The largest absolute Gasteiger partial charge is 0.361 e. The van der Waals surface area contributed by atoms with Crippen LogP contribution in [-0.4, -0.2) is 75.1 Å². The van der Waals surface area contributed by atoms with Crippen LogP contribution >= 0.6 is 0 Å². The summed E-state index contributed by atoms with van der Waals surface area (Å²) in [6, 6.07) is 5.46. The van der Waals surface area contributed by atoms with E-state index in [1.165, 1.54) is 5.01 Å². The molecule has 1 aromatic carbocycles. The van der Waals surface area contributed by atoms with Crippen LogP contribution in [0.15, 0.2) is 30.3 Å². The summed E-state index contributed by atoms with van der Waals surface area (Å²) in [5, 5.41) is 7.78. The molecular weight excluding hydrogens is 452 g/mol. The predicted octanol–water partition coefficient (Wildman–Crippen LogP) is 0.714. The Kier molecular flexibility index (Phi) is 8.48. The van der Waals surface area contributed by atoms with Gasteiger partial charge < -0.3 is 16.2 Å². The van der Waals surface area contributed by atoms with Crippen LogP contribution in [0.3, 0.4) is 0 Å². The molecule has 35 heavy (non-hydrogen) atoms. The molecule has 2 fully saturated rings. The van der Waals surface area contributed by atoms with E-state index in [0.29, 0.717) is 18.4 Å². The zero-order valence-electron chi connectivity index (χ0n) is 19.8. The van der Waals surface area contributed by atoms with Gasteiger partial charge in [-0.25, -0.2) is 5.01 Å². The van der Waals surface area contributed by atoms with Crippen LogP contribution < -0.4 is 10.6 Å². The number of nitrogens with zero attached hydrogens (tertiary/aromatic N) is 4. The van der Waals surface area contributed by atoms with Crippen molar-refractivity contribution in [2.75, 3.05) is 6.54 Å². The Morgan fingerprint density at radius 2 is 1.89 bits per heavy atom. The quantitative estimate of drug-likeness (QED) is 0.318. The second kappa shape index (κ2) is 11.5. The molecular formula is C24H30N6O5. The molecule has 0 saturated carbocycles. The van der Waals surface area contributed by atoms with E-state index in [1.807, 2.05) is 13.8 Å². The molecule has 2 heterocycles. The lowest BCUT2D eigenvalue weighted by Crippen LogP contribution is -2.64. The van der Waals surface area contributed by atoms with Gasteiger partial charge in [-0.3, -0.25) is 29.0 Å². The van der Waals surface area contributed by atoms with Gasteiger partial charge in [0.25, 0.3) is 17.6 Å². The lowest BCUT2D eigenvalue weighted by molar-refractivity contribution is -0.176. The third-order valence-electron chi connectivity index (χ3n) is 6.06. The van der Waals surface area contributed by atoms with E-state index in [9.17, 15) is 24.0 Å². The Labute approximate surface area is 203 Å². The first-order valence-electron chi connectivity index (χ1n) is 11.7. The van der Waals surface area contributed by atoms with Gasteiger partial charge in [0.1, 0.15) is 12.1 Å². The van der Waals surface area contributed by atoms with Gasteiger partial charge in [0, 0.05) is 18.5 Å². The summed E-state index contributed by atoms with van der Waals surface area (Å²) < 4.78 is 0. The number of amides is 4. The van der Waals surface area contributed by atoms with Crippen molar-refractivity contribution in [1.29, 1.82) is 0 Å². The first kappa shape index (κ1) is 25.8. The van der Waals surface area contributed by atoms with Crippen molar-refractivity contribution in [3.05, 3.63) is 41.4 Å². The number of benzene rings is 1. The number of carbonyl (C=O) groups is 5. The highest BCUT2D eigenvalue weighted by molar-refractivity contribution is 6.28. The Balaban J connectivity index is 1.83. The molecule has 4 amide bonds.